The van der Waals surface area contributed by atoms with Gasteiger partial charge in [0, 0.05) is 0 Å². The van der Waals surface area contributed by atoms with Crippen LogP contribution in [0.4, 0.5) is 0 Å². The van der Waals surface area contributed by atoms with Gasteiger partial charge in [0.1, 0.15) is 0 Å². The van der Waals surface area contributed by atoms with Crippen LogP contribution in [0.2, 0.25) is 0 Å². The normalized spacial score (nSPS) is 15.2. The molecule has 0 bridgehead atoms. The third-order valence-corrected chi connectivity index (χ3v) is 2.65. The minimum absolute atomic E-state index is 0.128. The smallest absolute Gasteiger partial charge is 0.0520 e. The third-order valence-electron chi connectivity index (χ3n) is 2.65. The molecular weight excluding hydrogens is 148 g/mol. The maximum Gasteiger partial charge on any atom is 0.0520 e. The summed E-state index contributed by atoms with van der Waals surface area (Å²) in [5.41, 5.74) is 11.3. The van der Waals surface area contributed by atoms with E-state index in [9.17, 15) is 0 Å². The van der Waals surface area contributed by atoms with Gasteiger partial charge in [0.05, 0.1) is 6.17 Å². The fourth-order valence-corrected chi connectivity index (χ4v) is 1.09. The number of nitrogens with two attached hydrogens (primary N) is 2. The summed E-state index contributed by atoms with van der Waals surface area (Å²) in [7, 11) is 0. The molecule has 0 amide bonds. The van der Waals surface area contributed by atoms with E-state index in [0.717, 1.165) is 18.8 Å². The molecule has 0 aliphatic heterocycles. The van der Waals surface area contributed by atoms with Gasteiger partial charge >= 0.3 is 0 Å². The molecule has 0 radical (unpaired) electrons. The van der Waals surface area contributed by atoms with Gasteiger partial charge in [-0.25, -0.2) is 0 Å². The van der Waals surface area contributed by atoms with Crippen molar-refractivity contribution in [2.24, 2.45) is 22.8 Å². The highest BCUT2D eigenvalue weighted by atomic mass is 14.8. The van der Waals surface area contributed by atoms with Crippen LogP contribution in [-0.4, -0.2) is 6.17 Å². The summed E-state index contributed by atoms with van der Waals surface area (Å²) in [5, 5.41) is 0. The molecule has 0 aromatic carbocycles. The fourth-order valence-electron chi connectivity index (χ4n) is 1.09. The molecular formula is C10H24N2. The standard InChI is InChI=1S/C10H24N2/c1-8(10(2,3)4)6-5-7-9(11)12/h8-9H,5-7,11-12H2,1-4H3. The van der Waals surface area contributed by atoms with Gasteiger partial charge in [0.15, 0.2) is 0 Å². The van der Waals surface area contributed by atoms with Crippen LogP contribution in [0.25, 0.3) is 0 Å². The first-order valence-electron chi connectivity index (χ1n) is 4.85. The molecule has 0 rings (SSSR count). The molecule has 0 heterocycles. The lowest BCUT2D eigenvalue weighted by atomic mass is 9.79. The van der Waals surface area contributed by atoms with Crippen LogP contribution in [0.5, 0.6) is 0 Å². The van der Waals surface area contributed by atoms with E-state index < -0.39 is 0 Å². The Bertz CT molecular complexity index is 113. The second-order valence-corrected chi connectivity index (χ2v) is 4.86. The third kappa shape index (κ3) is 5.56. The van der Waals surface area contributed by atoms with Crippen molar-refractivity contribution < 1.29 is 0 Å². The molecule has 2 nitrogen and oxygen atoms in total. The Balaban J connectivity index is 3.51. The summed E-state index contributed by atoms with van der Waals surface area (Å²) in [6.45, 7) is 9.13. The maximum atomic E-state index is 5.47. The van der Waals surface area contributed by atoms with Crippen LogP contribution < -0.4 is 11.5 Å². The molecule has 0 aromatic rings. The summed E-state index contributed by atoms with van der Waals surface area (Å²) in [4.78, 5) is 0. The van der Waals surface area contributed by atoms with E-state index in [1.165, 1.54) is 6.42 Å². The molecule has 4 N–H and O–H groups in total. The summed E-state index contributed by atoms with van der Waals surface area (Å²) < 4.78 is 0. The van der Waals surface area contributed by atoms with Crippen molar-refractivity contribution in [3.05, 3.63) is 0 Å². The average molecular weight is 172 g/mol. The topological polar surface area (TPSA) is 52.0 Å². The summed E-state index contributed by atoms with van der Waals surface area (Å²) in [6.07, 6.45) is 3.20. The van der Waals surface area contributed by atoms with E-state index in [0.29, 0.717) is 5.41 Å². The second kappa shape index (κ2) is 4.83. The van der Waals surface area contributed by atoms with Crippen molar-refractivity contribution >= 4 is 0 Å². The Labute approximate surface area is 76.7 Å². The van der Waals surface area contributed by atoms with E-state index in [2.05, 4.69) is 27.7 Å². The van der Waals surface area contributed by atoms with Gasteiger partial charge in [-0.2, -0.15) is 0 Å². The van der Waals surface area contributed by atoms with Crippen LogP contribution in [-0.2, 0) is 0 Å². The quantitative estimate of drug-likeness (QED) is 0.638. The highest BCUT2D eigenvalue weighted by molar-refractivity contribution is 4.70. The monoisotopic (exact) mass is 172 g/mol. The molecule has 0 aliphatic carbocycles. The minimum Gasteiger partial charge on any atom is -0.316 e. The van der Waals surface area contributed by atoms with Gasteiger partial charge in [0.25, 0.3) is 0 Å². The molecule has 2 heteroatoms. The van der Waals surface area contributed by atoms with E-state index in [-0.39, 0.29) is 6.17 Å². The average Bonchev–Trinajstić information content (AvgIpc) is 1.84. The van der Waals surface area contributed by atoms with Crippen LogP contribution in [0.15, 0.2) is 0 Å². The van der Waals surface area contributed by atoms with E-state index in [1.54, 1.807) is 0 Å². The highest BCUT2D eigenvalue weighted by Crippen LogP contribution is 2.29. The van der Waals surface area contributed by atoms with Crippen LogP contribution in [0, 0.1) is 11.3 Å². The lowest BCUT2D eigenvalue weighted by molar-refractivity contribution is 0.239. The van der Waals surface area contributed by atoms with Crippen LogP contribution in [0.3, 0.4) is 0 Å². The predicted molar refractivity (Wildman–Crippen MR) is 54.6 cm³/mol. The molecule has 1 atom stereocenters. The number of hydrogen-bond donors (Lipinski definition) is 2. The SMILES string of the molecule is CC(CCCC(N)N)C(C)(C)C. The number of rotatable bonds is 4. The largest absolute Gasteiger partial charge is 0.316 e. The molecule has 0 aliphatic rings. The molecule has 0 aromatic heterocycles. The van der Waals surface area contributed by atoms with E-state index >= 15 is 0 Å². The van der Waals surface area contributed by atoms with Gasteiger partial charge in [0.2, 0.25) is 0 Å². The highest BCUT2D eigenvalue weighted by Gasteiger charge is 2.19. The molecule has 0 spiro atoms. The van der Waals surface area contributed by atoms with Gasteiger partial charge in [-0.15, -0.1) is 0 Å². The van der Waals surface area contributed by atoms with Gasteiger partial charge in [-0.3, -0.25) is 0 Å². The Kier molecular flexibility index (Phi) is 4.80. The first-order valence-corrected chi connectivity index (χ1v) is 4.85. The van der Waals surface area contributed by atoms with Crippen molar-refractivity contribution in [2.45, 2.75) is 53.1 Å². The Morgan fingerprint density at radius 3 is 1.92 bits per heavy atom. The van der Waals surface area contributed by atoms with Crippen molar-refractivity contribution in [2.75, 3.05) is 0 Å². The van der Waals surface area contributed by atoms with E-state index in [4.69, 9.17) is 11.5 Å². The fraction of sp³-hybridized carbons (Fsp3) is 1.00. The lowest BCUT2D eigenvalue weighted by Crippen LogP contribution is -2.30. The van der Waals surface area contributed by atoms with Crippen molar-refractivity contribution in [1.82, 2.24) is 0 Å². The number of hydrogen-bond acceptors (Lipinski definition) is 2. The predicted octanol–water partition coefficient (Wildman–Crippen LogP) is 2.08. The van der Waals surface area contributed by atoms with Gasteiger partial charge in [-0.05, 0) is 17.8 Å². The van der Waals surface area contributed by atoms with Crippen molar-refractivity contribution in [3.63, 3.8) is 0 Å². The van der Waals surface area contributed by atoms with Gasteiger partial charge in [-0.1, -0.05) is 40.5 Å². The Morgan fingerprint density at radius 1 is 1.08 bits per heavy atom. The van der Waals surface area contributed by atoms with Gasteiger partial charge < -0.3 is 11.5 Å². The summed E-state index contributed by atoms with van der Waals surface area (Å²) >= 11 is 0. The zero-order chi connectivity index (χ0) is 9.78. The summed E-state index contributed by atoms with van der Waals surface area (Å²) in [6, 6.07) is 0. The summed E-state index contributed by atoms with van der Waals surface area (Å²) in [5.74, 6) is 0.747. The zero-order valence-corrected chi connectivity index (χ0v) is 8.93. The molecule has 12 heavy (non-hydrogen) atoms. The minimum atomic E-state index is -0.128. The van der Waals surface area contributed by atoms with Crippen molar-refractivity contribution in [1.29, 1.82) is 0 Å². The second-order valence-electron chi connectivity index (χ2n) is 4.86. The van der Waals surface area contributed by atoms with Crippen LogP contribution in [0.1, 0.15) is 47.0 Å². The first-order chi connectivity index (χ1) is 5.34. The molecule has 74 valence electrons. The Morgan fingerprint density at radius 2 is 1.58 bits per heavy atom. The Hall–Kier alpha value is -0.0800. The first kappa shape index (κ1) is 11.9. The molecule has 0 fully saturated rings. The molecule has 0 saturated heterocycles. The molecule has 1 unspecified atom stereocenters. The maximum absolute atomic E-state index is 5.47. The van der Waals surface area contributed by atoms with Crippen LogP contribution >= 0.6 is 0 Å². The van der Waals surface area contributed by atoms with Crippen molar-refractivity contribution in [3.8, 4) is 0 Å². The zero-order valence-electron chi connectivity index (χ0n) is 8.93. The van der Waals surface area contributed by atoms with E-state index in [1.807, 2.05) is 0 Å². The molecule has 0 saturated carbocycles. The lowest BCUT2D eigenvalue weighted by Gasteiger charge is -2.27.